The summed E-state index contributed by atoms with van der Waals surface area (Å²) >= 11 is 0. The van der Waals surface area contributed by atoms with Gasteiger partial charge in [-0.2, -0.15) is 0 Å². The summed E-state index contributed by atoms with van der Waals surface area (Å²) in [6.07, 6.45) is 0.241. The molecule has 0 aliphatic heterocycles. The maximum atomic E-state index is 12.3. The summed E-state index contributed by atoms with van der Waals surface area (Å²) in [5.74, 6) is -1.05. The van der Waals surface area contributed by atoms with Gasteiger partial charge < -0.3 is 20.8 Å². The van der Waals surface area contributed by atoms with E-state index in [1.54, 1.807) is 12.1 Å². The molecule has 1 aromatic rings. The molecule has 0 saturated heterocycles. The Balaban J connectivity index is 2.68. The van der Waals surface area contributed by atoms with Gasteiger partial charge in [-0.1, -0.05) is 12.1 Å². The quantitative estimate of drug-likeness (QED) is 0.695. The van der Waals surface area contributed by atoms with Crippen LogP contribution in [0.3, 0.4) is 0 Å². The molecule has 0 aliphatic rings. The molecular weight excluding hydrogens is 272 g/mol. The lowest BCUT2D eigenvalue weighted by molar-refractivity contribution is -0.139. The summed E-state index contributed by atoms with van der Waals surface area (Å²) in [7, 11) is 0. The summed E-state index contributed by atoms with van der Waals surface area (Å²) in [5, 5.41) is 18.0. The van der Waals surface area contributed by atoms with Crippen molar-refractivity contribution in [3.63, 3.8) is 0 Å². The number of aromatic hydroxyl groups is 1. The van der Waals surface area contributed by atoms with Gasteiger partial charge in [-0.05, 0) is 38.0 Å². The van der Waals surface area contributed by atoms with Crippen LogP contribution in [0.1, 0.15) is 25.8 Å². The summed E-state index contributed by atoms with van der Waals surface area (Å²) in [4.78, 5) is 24.5. The number of hydrogen-bond acceptors (Lipinski definition) is 4. The van der Waals surface area contributed by atoms with Crippen molar-refractivity contribution in [1.82, 2.24) is 4.90 Å². The number of amides is 1. The van der Waals surface area contributed by atoms with Gasteiger partial charge in [0, 0.05) is 12.6 Å². The maximum Gasteiger partial charge on any atom is 0.305 e. The van der Waals surface area contributed by atoms with Gasteiger partial charge in [-0.15, -0.1) is 0 Å². The Kier molecular flexibility index (Phi) is 6.17. The van der Waals surface area contributed by atoms with E-state index in [-0.39, 0.29) is 30.7 Å². The molecule has 1 unspecified atom stereocenters. The lowest BCUT2D eigenvalue weighted by Gasteiger charge is -2.29. The third-order valence-electron chi connectivity index (χ3n) is 3.18. The number of carboxylic acid groups (broad SMARTS) is 1. The van der Waals surface area contributed by atoms with Crippen LogP contribution in [-0.4, -0.2) is 45.6 Å². The summed E-state index contributed by atoms with van der Waals surface area (Å²) < 4.78 is 0. The molecular formula is C15H22N2O4. The minimum atomic E-state index is -0.944. The first-order valence-corrected chi connectivity index (χ1v) is 6.87. The number of carboxylic acids is 1. The van der Waals surface area contributed by atoms with Crippen molar-refractivity contribution < 1.29 is 19.8 Å². The number of nitrogens with two attached hydrogens (primary N) is 1. The molecule has 0 bridgehead atoms. The highest BCUT2D eigenvalue weighted by Crippen LogP contribution is 2.12. The van der Waals surface area contributed by atoms with E-state index in [4.69, 9.17) is 10.8 Å². The van der Waals surface area contributed by atoms with Crippen molar-refractivity contribution in [2.75, 3.05) is 6.54 Å². The molecule has 4 N–H and O–H groups in total. The Hall–Kier alpha value is -2.08. The first-order valence-electron chi connectivity index (χ1n) is 6.87. The van der Waals surface area contributed by atoms with Gasteiger partial charge in [-0.3, -0.25) is 9.59 Å². The second-order valence-electron chi connectivity index (χ2n) is 5.25. The third-order valence-corrected chi connectivity index (χ3v) is 3.18. The standard InChI is InChI=1S/C15H22N2O4/c1-10(2)17(8-7-14(19)20)15(21)13(16)9-11-3-5-12(18)6-4-11/h3-6,10,13,18H,7-9,16H2,1-2H3,(H,19,20). The minimum Gasteiger partial charge on any atom is -0.508 e. The van der Waals surface area contributed by atoms with Crippen molar-refractivity contribution in [3.05, 3.63) is 29.8 Å². The first kappa shape index (κ1) is 17.0. The van der Waals surface area contributed by atoms with Crippen LogP contribution >= 0.6 is 0 Å². The summed E-state index contributed by atoms with van der Waals surface area (Å²) in [6.45, 7) is 3.80. The Morgan fingerprint density at radius 3 is 2.29 bits per heavy atom. The molecule has 21 heavy (non-hydrogen) atoms. The fraction of sp³-hybridized carbons (Fsp3) is 0.467. The lowest BCUT2D eigenvalue weighted by atomic mass is 10.0. The van der Waals surface area contributed by atoms with Crippen molar-refractivity contribution in [2.45, 2.75) is 38.8 Å². The smallest absolute Gasteiger partial charge is 0.305 e. The summed E-state index contributed by atoms with van der Waals surface area (Å²) in [6, 6.07) is 5.65. The number of rotatable bonds is 7. The molecule has 0 radical (unpaired) electrons. The minimum absolute atomic E-state index is 0.101. The lowest BCUT2D eigenvalue weighted by Crippen LogP contribution is -2.48. The molecule has 1 rings (SSSR count). The summed E-state index contributed by atoms with van der Waals surface area (Å²) in [5.41, 5.74) is 6.77. The molecule has 0 fully saturated rings. The van der Waals surface area contributed by atoms with Crippen molar-refractivity contribution in [2.24, 2.45) is 5.73 Å². The monoisotopic (exact) mass is 294 g/mol. The van der Waals surface area contributed by atoms with Gasteiger partial charge in [0.15, 0.2) is 0 Å². The number of carbonyl (C=O) groups excluding carboxylic acids is 1. The molecule has 6 nitrogen and oxygen atoms in total. The van der Waals surface area contributed by atoms with Gasteiger partial charge >= 0.3 is 5.97 Å². The molecule has 0 saturated carbocycles. The van der Waals surface area contributed by atoms with Crippen LogP contribution in [-0.2, 0) is 16.0 Å². The molecule has 1 amide bonds. The zero-order chi connectivity index (χ0) is 16.0. The highest BCUT2D eigenvalue weighted by Gasteiger charge is 2.23. The van der Waals surface area contributed by atoms with Crippen LogP contribution < -0.4 is 5.73 Å². The van der Waals surface area contributed by atoms with Gasteiger partial charge in [0.1, 0.15) is 5.75 Å². The predicted molar refractivity (Wildman–Crippen MR) is 78.9 cm³/mol. The normalized spacial score (nSPS) is 12.2. The largest absolute Gasteiger partial charge is 0.508 e. The molecule has 0 spiro atoms. The van der Waals surface area contributed by atoms with E-state index in [2.05, 4.69) is 0 Å². The van der Waals surface area contributed by atoms with Crippen LogP contribution in [0.15, 0.2) is 24.3 Å². The van der Waals surface area contributed by atoms with Gasteiger partial charge in [0.2, 0.25) is 5.91 Å². The average Bonchev–Trinajstić information content (AvgIpc) is 2.40. The van der Waals surface area contributed by atoms with Gasteiger partial charge in [0.05, 0.1) is 12.5 Å². The molecule has 0 aromatic heterocycles. The highest BCUT2D eigenvalue weighted by atomic mass is 16.4. The number of hydrogen-bond donors (Lipinski definition) is 3. The van der Waals surface area contributed by atoms with Crippen molar-refractivity contribution in [1.29, 1.82) is 0 Å². The van der Waals surface area contributed by atoms with Crippen LogP contribution in [0.25, 0.3) is 0 Å². The highest BCUT2D eigenvalue weighted by molar-refractivity contribution is 5.82. The maximum absolute atomic E-state index is 12.3. The molecule has 116 valence electrons. The Labute approximate surface area is 124 Å². The van der Waals surface area contributed by atoms with E-state index in [9.17, 15) is 14.7 Å². The third kappa shape index (κ3) is 5.43. The zero-order valence-electron chi connectivity index (χ0n) is 12.3. The van der Waals surface area contributed by atoms with E-state index in [0.717, 1.165) is 5.56 Å². The van der Waals surface area contributed by atoms with E-state index < -0.39 is 12.0 Å². The fourth-order valence-electron chi connectivity index (χ4n) is 2.03. The first-order chi connectivity index (χ1) is 9.81. The number of phenols is 1. The van der Waals surface area contributed by atoms with E-state index >= 15 is 0 Å². The Morgan fingerprint density at radius 1 is 1.24 bits per heavy atom. The van der Waals surface area contributed by atoms with Gasteiger partial charge in [0.25, 0.3) is 0 Å². The predicted octanol–water partition coefficient (Wildman–Crippen LogP) is 0.974. The molecule has 0 aliphatic carbocycles. The Bertz CT molecular complexity index is 485. The van der Waals surface area contributed by atoms with E-state index in [0.29, 0.717) is 6.42 Å². The van der Waals surface area contributed by atoms with Crippen LogP contribution in [0, 0.1) is 0 Å². The molecule has 1 atom stereocenters. The van der Waals surface area contributed by atoms with Crippen LogP contribution in [0.2, 0.25) is 0 Å². The van der Waals surface area contributed by atoms with Crippen LogP contribution in [0.4, 0.5) is 0 Å². The topological polar surface area (TPSA) is 104 Å². The number of aliphatic carboxylic acids is 1. The number of carbonyl (C=O) groups is 2. The fourth-order valence-corrected chi connectivity index (χ4v) is 2.03. The average molecular weight is 294 g/mol. The van der Waals surface area contributed by atoms with E-state index in [1.165, 1.54) is 17.0 Å². The Morgan fingerprint density at radius 2 is 1.81 bits per heavy atom. The zero-order valence-corrected chi connectivity index (χ0v) is 12.3. The second kappa shape index (κ2) is 7.64. The van der Waals surface area contributed by atoms with Crippen LogP contribution in [0.5, 0.6) is 5.75 Å². The number of phenolic OH excluding ortho intramolecular Hbond substituents is 1. The number of benzene rings is 1. The SMILES string of the molecule is CC(C)N(CCC(=O)O)C(=O)C(N)Cc1ccc(O)cc1. The van der Waals surface area contributed by atoms with Crippen molar-refractivity contribution in [3.8, 4) is 5.75 Å². The van der Waals surface area contributed by atoms with E-state index in [1.807, 2.05) is 13.8 Å². The molecule has 1 aromatic carbocycles. The van der Waals surface area contributed by atoms with Crippen molar-refractivity contribution >= 4 is 11.9 Å². The second-order valence-corrected chi connectivity index (χ2v) is 5.25. The molecule has 6 heteroatoms. The number of nitrogens with zero attached hydrogens (tertiary/aromatic N) is 1. The molecule has 0 heterocycles. The van der Waals surface area contributed by atoms with Gasteiger partial charge in [-0.25, -0.2) is 0 Å².